The van der Waals surface area contributed by atoms with Crippen LogP contribution in [0.15, 0.2) is 18.2 Å². The Morgan fingerprint density at radius 3 is 2.86 bits per heavy atom. The largest absolute Gasteiger partial charge is 0.454 e. The summed E-state index contributed by atoms with van der Waals surface area (Å²) in [6.07, 6.45) is 3.79. The fraction of sp³-hybridized carbons (Fsp3) is 0.562. The number of benzene rings is 1. The van der Waals surface area contributed by atoms with Crippen LogP contribution < -0.4 is 14.8 Å². The molecule has 5 nitrogen and oxygen atoms in total. The van der Waals surface area contributed by atoms with Gasteiger partial charge in [0.25, 0.3) is 0 Å². The number of carbonyl (C=O) groups is 1. The summed E-state index contributed by atoms with van der Waals surface area (Å²) in [5.74, 6) is 2.22. The molecule has 1 aliphatic carbocycles. The Hall–Kier alpha value is -1.91. The second kappa shape index (κ2) is 6.24. The second-order valence-electron chi connectivity index (χ2n) is 5.68. The summed E-state index contributed by atoms with van der Waals surface area (Å²) in [5, 5.41) is 3.04. The lowest BCUT2D eigenvalue weighted by Gasteiger charge is -2.28. The van der Waals surface area contributed by atoms with Crippen LogP contribution in [-0.2, 0) is 6.54 Å². The van der Waals surface area contributed by atoms with E-state index in [1.54, 1.807) is 0 Å². The third-order valence-corrected chi connectivity index (χ3v) is 4.25. The van der Waals surface area contributed by atoms with Crippen molar-refractivity contribution in [2.24, 2.45) is 5.92 Å². The number of hydrogen-bond donors (Lipinski definition) is 1. The van der Waals surface area contributed by atoms with Crippen LogP contribution in [-0.4, -0.2) is 30.8 Å². The number of hydrogen-bond acceptors (Lipinski definition) is 3. The van der Waals surface area contributed by atoms with Crippen molar-refractivity contribution in [1.82, 2.24) is 10.2 Å². The van der Waals surface area contributed by atoms with Crippen LogP contribution >= 0.6 is 0 Å². The van der Waals surface area contributed by atoms with E-state index in [4.69, 9.17) is 9.47 Å². The van der Waals surface area contributed by atoms with E-state index in [9.17, 15) is 4.79 Å². The topological polar surface area (TPSA) is 50.8 Å². The molecule has 2 amide bonds. The first-order chi connectivity index (χ1) is 10.3. The van der Waals surface area contributed by atoms with E-state index in [1.807, 2.05) is 30.0 Å². The van der Waals surface area contributed by atoms with Crippen molar-refractivity contribution in [3.8, 4) is 11.5 Å². The summed E-state index contributed by atoms with van der Waals surface area (Å²) in [6.45, 7) is 4.35. The van der Waals surface area contributed by atoms with E-state index in [0.29, 0.717) is 19.0 Å². The van der Waals surface area contributed by atoms with Crippen LogP contribution in [0, 0.1) is 5.92 Å². The zero-order valence-corrected chi connectivity index (χ0v) is 12.4. The van der Waals surface area contributed by atoms with Crippen LogP contribution in [0.2, 0.25) is 0 Å². The number of amides is 2. The van der Waals surface area contributed by atoms with Gasteiger partial charge in [0.2, 0.25) is 6.79 Å². The van der Waals surface area contributed by atoms with Crippen molar-refractivity contribution in [2.45, 2.75) is 32.7 Å². The maximum Gasteiger partial charge on any atom is 0.317 e. The Bertz CT molecular complexity index is 514. The standard InChI is InChI=1S/C16H22N2O3/c1-2-18(16(19)17-9-12-4-3-5-12)10-13-6-7-14-15(8-13)21-11-20-14/h6-8,12H,2-5,9-11H2,1H3,(H,17,19). The molecule has 0 aromatic heterocycles. The summed E-state index contributed by atoms with van der Waals surface area (Å²) >= 11 is 0. The molecule has 1 heterocycles. The van der Waals surface area contributed by atoms with Gasteiger partial charge < -0.3 is 19.7 Å². The molecule has 0 saturated heterocycles. The van der Waals surface area contributed by atoms with Gasteiger partial charge in [0.05, 0.1) is 0 Å². The zero-order valence-electron chi connectivity index (χ0n) is 12.4. The summed E-state index contributed by atoms with van der Waals surface area (Å²) < 4.78 is 10.7. The van der Waals surface area contributed by atoms with Crippen LogP contribution in [0.3, 0.4) is 0 Å². The lowest BCUT2D eigenvalue weighted by atomic mass is 9.85. The SMILES string of the molecule is CCN(Cc1ccc2c(c1)OCO2)C(=O)NCC1CCC1. The lowest BCUT2D eigenvalue weighted by molar-refractivity contribution is 0.173. The molecule has 0 spiro atoms. The Kier molecular flexibility index (Phi) is 4.18. The number of rotatable bonds is 5. The van der Waals surface area contributed by atoms with Gasteiger partial charge in [-0.25, -0.2) is 4.79 Å². The van der Waals surface area contributed by atoms with Crippen LogP contribution in [0.5, 0.6) is 11.5 Å². The van der Waals surface area contributed by atoms with Crippen LogP contribution in [0.25, 0.3) is 0 Å². The van der Waals surface area contributed by atoms with E-state index in [1.165, 1.54) is 19.3 Å². The highest BCUT2D eigenvalue weighted by molar-refractivity contribution is 5.74. The van der Waals surface area contributed by atoms with Gasteiger partial charge in [-0.15, -0.1) is 0 Å². The molecule has 3 rings (SSSR count). The molecule has 0 radical (unpaired) electrons. The van der Waals surface area contributed by atoms with E-state index >= 15 is 0 Å². The fourth-order valence-electron chi connectivity index (χ4n) is 2.63. The molecule has 2 aliphatic rings. The lowest BCUT2D eigenvalue weighted by Crippen LogP contribution is -2.42. The molecule has 1 saturated carbocycles. The number of nitrogens with one attached hydrogen (secondary N) is 1. The smallest absolute Gasteiger partial charge is 0.317 e. The molecule has 1 aromatic rings. The molecule has 1 fully saturated rings. The maximum atomic E-state index is 12.2. The van der Waals surface area contributed by atoms with Gasteiger partial charge in [-0.05, 0) is 43.4 Å². The van der Waals surface area contributed by atoms with Crippen molar-refractivity contribution >= 4 is 6.03 Å². The highest BCUT2D eigenvalue weighted by Crippen LogP contribution is 2.32. The monoisotopic (exact) mass is 290 g/mol. The number of fused-ring (bicyclic) bond motifs is 1. The molecule has 5 heteroatoms. The van der Waals surface area contributed by atoms with Gasteiger partial charge in [0, 0.05) is 19.6 Å². The molecule has 21 heavy (non-hydrogen) atoms. The summed E-state index contributed by atoms with van der Waals surface area (Å²) in [5.41, 5.74) is 1.06. The third-order valence-electron chi connectivity index (χ3n) is 4.25. The molecule has 0 atom stereocenters. The minimum absolute atomic E-state index is 0.0158. The molecular weight excluding hydrogens is 268 g/mol. The molecule has 1 aliphatic heterocycles. The Morgan fingerprint density at radius 1 is 1.33 bits per heavy atom. The molecule has 0 unspecified atom stereocenters. The van der Waals surface area contributed by atoms with Crippen molar-refractivity contribution in [1.29, 1.82) is 0 Å². The minimum atomic E-state index is 0.0158. The predicted octanol–water partition coefficient (Wildman–Crippen LogP) is 2.75. The number of urea groups is 1. The van der Waals surface area contributed by atoms with E-state index in [-0.39, 0.29) is 12.8 Å². The van der Waals surface area contributed by atoms with Gasteiger partial charge in [-0.3, -0.25) is 0 Å². The number of carbonyl (C=O) groups excluding carboxylic acids is 1. The second-order valence-corrected chi connectivity index (χ2v) is 5.68. The highest BCUT2D eigenvalue weighted by Gasteiger charge is 2.20. The average Bonchev–Trinajstić information content (AvgIpc) is 2.90. The number of nitrogens with zero attached hydrogens (tertiary/aromatic N) is 1. The predicted molar refractivity (Wildman–Crippen MR) is 79.4 cm³/mol. The Morgan fingerprint density at radius 2 is 2.14 bits per heavy atom. The Labute approximate surface area is 125 Å². The summed E-state index contributed by atoms with van der Waals surface area (Å²) in [6, 6.07) is 5.85. The van der Waals surface area contributed by atoms with Crippen molar-refractivity contribution in [3.05, 3.63) is 23.8 Å². The normalized spacial score (nSPS) is 16.4. The summed E-state index contributed by atoms with van der Waals surface area (Å²) in [7, 11) is 0. The van der Waals surface area contributed by atoms with Crippen LogP contribution in [0.1, 0.15) is 31.7 Å². The molecule has 114 valence electrons. The van der Waals surface area contributed by atoms with Gasteiger partial charge >= 0.3 is 6.03 Å². The minimum Gasteiger partial charge on any atom is -0.454 e. The Balaban J connectivity index is 1.56. The zero-order chi connectivity index (χ0) is 14.7. The fourth-order valence-corrected chi connectivity index (χ4v) is 2.63. The average molecular weight is 290 g/mol. The third kappa shape index (κ3) is 3.23. The maximum absolute atomic E-state index is 12.2. The first-order valence-electron chi connectivity index (χ1n) is 7.67. The van der Waals surface area contributed by atoms with Crippen molar-refractivity contribution in [3.63, 3.8) is 0 Å². The van der Waals surface area contributed by atoms with E-state index in [0.717, 1.165) is 23.6 Å². The van der Waals surface area contributed by atoms with E-state index < -0.39 is 0 Å². The quantitative estimate of drug-likeness (QED) is 0.907. The number of ether oxygens (including phenoxy) is 2. The van der Waals surface area contributed by atoms with Gasteiger partial charge in [-0.1, -0.05) is 12.5 Å². The molecule has 1 N–H and O–H groups in total. The molecular formula is C16H22N2O3. The van der Waals surface area contributed by atoms with E-state index in [2.05, 4.69) is 5.32 Å². The molecule has 1 aromatic carbocycles. The van der Waals surface area contributed by atoms with Gasteiger partial charge in [0.1, 0.15) is 0 Å². The molecule has 0 bridgehead atoms. The van der Waals surface area contributed by atoms with Crippen molar-refractivity contribution in [2.75, 3.05) is 19.9 Å². The first-order valence-corrected chi connectivity index (χ1v) is 7.67. The highest BCUT2D eigenvalue weighted by atomic mass is 16.7. The van der Waals surface area contributed by atoms with Crippen molar-refractivity contribution < 1.29 is 14.3 Å². The summed E-state index contributed by atoms with van der Waals surface area (Å²) in [4.78, 5) is 14.0. The first kappa shape index (κ1) is 14.0. The van der Waals surface area contributed by atoms with Gasteiger partial charge in [-0.2, -0.15) is 0 Å². The van der Waals surface area contributed by atoms with Gasteiger partial charge in [0.15, 0.2) is 11.5 Å². The van der Waals surface area contributed by atoms with Crippen LogP contribution in [0.4, 0.5) is 4.79 Å².